The summed E-state index contributed by atoms with van der Waals surface area (Å²) in [4.78, 5) is 27.1. The van der Waals surface area contributed by atoms with Gasteiger partial charge in [0.05, 0.1) is 24.4 Å². The molecule has 0 radical (unpaired) electrons. The molecule has 24 atom stereocenters. The molecule has 0 spiro atoms. The van der Waals surface area contributed by atoms with Crippen LogP contribution in [0.2, 0.25) is 0 Å². The quantitative estimate of drug-likeness (QED) is 0.0977. The average molecular weight is 941 g/mol. The van der Waals surface area contributed by atoms with Crippen molar-refractivity contribution in [2.45, 2.75) is 224 Å². The van der Waals surface area contributed by atoms with Crippen molar-refractivity contribution in [2.24, 2.45) is 50.2 Å². The van der Waals surface area contributed by atoms with E-state index in [-0.39, 0.29) is 34.0 Å². The Bertz CT molecular complexity index is 1880. The highest BCUT2D eigenvalue weighted by Gasteiger charge is 2.72. The Morgan fingerprint density at radius 3 is 1.85 bits per heavy atom. The van der Waals surface area contributed by atoms with E-state index in [2.05, 4.69) is 54.5 Å². The van der Waals surface area contributed by atoms with Crippen molar-refractivity contribution in [3.8, 4) is 0 Å². The van der Waals surface area contributed by atoms with Crippen molar-refractivity contribution in [3.63, 3.8) is 0 Å². The molecule has 3 saturated heterocycles. The first-order valence-corrected chi connectivity index (χ1v) is 24.1. The van der Waals surface area contributed by atoms with Gasteiger partial charge >= 0.3 is 11.9 Å². The second-order valence-corrected chi connectivity index (χ2v) is 23.6. The Balaban J connectivity index is 1.05. The van der Waals surface area contributed by atoms with Gasteiger partial charge in [0, 0.05) is 0 Å². The largest absolute Gasteiger partial charge is 0.479 e. The molecular weight excluding hydrogens is 865 g/mol. The molecule has 0 amide bonds. The molecule has 7 fully saturated rings. The van der Waals surface area contributed by atoms with Crippen molar-refractivity contribution in [3.05, 3.63) is 11.6 Å². The fraction of sp³-hybridized carbons (Fsp3) is 0.917. The van der Waals surface area contributed by atoms with E-state index in [1.165, 1.54) is 13.8 Å². The van der Waals surface area contributed by atoms with Crippen LogP contribution in [0.1, 0.15) is 120 Å². The van der Waals surface area contributed by atoms with Crippen LogP contribution in [-0.4, -0.2) is 167 Å². The lowest BCUT2D eigenvalue weighted by atomic mass is 9.33. The lowest BCUT2D eigenvalue weighted by Crippen LogP contribution is -2.68. The van der Waals surface area contributed by atoms with Crippen LogP contribution in [0.4, 0.5) is 0 Å². The second kappa shape index (κ2) is 17.2. The summed E-state index contributed by atoms with van der Waals surface area (Å²) in [5.41, 5.74) is -2.01. The van der Waals surface area contributed by atoms with E-state index in [1.807, 2.05) is 0 Å². The third kappa shape index (κ3) is 7.57. The summed E-state index contributed by atoms with van der Waals surface area (Å²) in [5, 5.41) is 108. The van der Waals surface area contributed by atoms with E-state index < -0.39 is 133 Å². The first-order valence-electron chi connectivity index (χ1n) is 24.1. The molecule has 376 valence electrons. The van der Waals surface area contributed by atoms with E-state index in [1.54, 1.807) is 0 Å². The lowest BCUT2D eigenvalue weighted by Gasteiger charge is -2.71. The van der Waals surface area contributed by atoms with Crippen LogP contribution in [0.3, 0.4) is 0 Å². The lowest BCUT2D eigenvalue weighted by molar-refractivity contribution is -0.363. The van der Waals surface area contributed by atoms with Crippen LogP contribution in [0.5, 0.6) is 0 Å². The minimum Gasteiger partial charge on any atom is -0.479 e. The van der Waals surface area contributed by atoms with Crippen LogP contribution in [0.25, 0.3) is 0 Å². The maximum atomic E-state index is 14.7. The number of aliphatic hydroxyl groups is 9. The molecule has 0 aromatic rings. The number of aliphatic hydroxyl groups excluding tert-OH is 9. The van der Waals surface area contributed by atoms with Gasteiger partial charge < -0.3 is 79.5 Å². The van der Waals surface area contributed by atoms with Gasteiger partial charge in [0.2, 0.25) is 6.29 Å². The van der Waals surface area contributed by atoms with Crippen molar-refractivity contribution in [2.75, 3.05) is 0 Å². The van der Waals surface area contributed by atoms with E-state index >= 15 is 0 Å². The number of carboxylic acid groups (broad SMARTS) is 1. The average Bonchev–Trinajstić information content (AvgIpc) is 3.23. The van der Waals surface area contributed by atoms with Gasteiger partial charge in [-0.1, -0.05) is 60.1 Å². The number of hydrogen-bond acceptors (Lipinski definition) is 17. The summed E-state index contributed by atoms with van der Waals surface area (Å²) in [6, 6.07) is 0. The number of aliphatic carboxylic acids is 1. The maximum absolute atomic E-state index is 14.7. The fourth-order valence-corrected chi connectivity index (χ4v) is 15.0. The van der Waals surface area contributed by atoms with Gasteiger partial charge in [0.25, 0.3) is 0 Å². The number of fused-ring (bicyclic) bond motifs is 7. The highest BCUT2D eigenvalue weighted by molar-refractivity contribution is 5.80. The monoisotopic (exact) mass is 941 g/mol. The summed E-state index contributed by atoms with van der Waals surface area (Å²) in [7, 11) is 0. The molecule has 4 saturated carbocycles. The van der Waals surface area contributed by atoms with E-state index in [0.29, 0.717) is 38.5 Å². The van der Waals surface area contributed by atoms with E-state index in [9.17, 15) is 60.7 Å². The first-order chi connectivity index (χ1) is 30.6. The van der Waals surface area contributed by atoms with Crippen LogP contribution in [0, 0.1) is 50.2 Å². The summed E-state index contributed by atoms with van der Waals surface area (Å²) in [6.45, 7) is 18.5. The molecule has 8 rings (SSSR count). The number of carbonyl (C=O) groups is 2. The highest BCUT2D eigenvalue weighted by Crippen LogP contribution is 2.76. The minimum atomic E-state index is -1.92. The topological polar surface area (TPSA) is 292 Å². The van der Waals surface area contributed by atoms with Crippen molar-refractivity contribution in [1.82, 2.24) is 0 Å². The third-order valence-corrected chi connectivity index (χ3v) is 19.2. The van der Waals surface area contributed by atoms with Gasteiger partial charge in [-0.2, -0.15) is 0 Å². The van der Waals surface area contributed by atoms with Gasteiger partial charge in [-0.05, 0) is 116 Å². The predicted octanol–water partition coefficient (Wildman–Crippen LogP) is 1.26. The molecule has 0 aromatic carbocycles. The molecule has 1 unspecified atom stereocenters. The molecule has 18 heteroatoms. The van der Waals surface area contributed by atoms with Gasteiger partial charge in [-0.25, -0.2) is 4.79 Å². The number of ether oxygens (including phenoxy) is 6. The van der Waals surface area contributed by atoms with Crippen molar-refractivity contribution < 1.29 is 89.1 Å². The Morgan fingerprint density at radius 1 is 0.636 bits per heavy atom. The normalized spacial score (nSPS) is 54.4. The Kier molecular flexibility index (Phi) is 13.1. The number of carboxylic acids is 1. The van der Waals surface area contributed by atoms with Crippen molar-refractivity contribution >= 4 is 11.9 Å². The van der Waals surface area contributed by atoms with Crippen molar-refractivity contribution in [1.29, 1.82) is 0 Å². The summed E-state index contributed by atoms with van der Waals surface area (Å²) >= 11 is 0. The zero-order valence-electron chi connectivity index (χ0n) is 39.7. The molecule has 66 heavy (non-hydrogen) atoms. The Labute approximate surface area is 386 Å². The molecule has 10 N–H and O–H groups in total. The maximum Gasteiger partial charge on any atom is 0.335 e. The number of carbonyl (C=O) groups excluding carboxylic acids is 1. The molecule has 18 nitrogen and oxygen atoms in total. The van der Waals surface area contributed by atoms with Gasteiger partial charge in [0.15, 0.2) is 18.7 Å². The molecule has 0 aromatic heterocycles. The van der Waals surface area contributed by atoms with Gasteiger partial charge in [-0.15, -0.1) is 0 Å². The molecular formula is C48H76O18. The van der Waals surface area contributed by atoms with Crippen LogP contribution < -0.4 is 0 Å². The molecule has 5 aliphatic carbocycles. The molecule has 3 heterocycles. The fourth-order valence-electron chi connectivity index (χ4n) is 15.0. The molecule has 8 aliphatic rings. The Hall–Kier alpha value is -1.88. The second-order valence-electron chi connectivity index (χ2n) is 23.6. The van der Waals surface area contributed by atoms with E-state index in [4.69, 9.17) is 28.4 Å². The SMILES string of the molecule is C[C@@H]1O[C@@H](OC(=O)[C@]23CCC(C)(C)C[C@H]2C2=CC[C@@H]4[C@@]5(C)CC[C@H](OC6O[C@H](C(=O)O)[C@@H](O)[C@H](O[C@@H]7O[C@@H](C)[C@H](O)[C@@H](O)[C@H]7O)[C@H]6O)C(C)(C)[C@@H]5CC[C@@]4(C)[C@]2(C)C[C@@H]3O)[C@H](O)[C@H](O)[C@H]1O. The number of esters is 1. The summed E-state index contributed by atoms with van der Waals surface area (Å²) in [6.07, 6.45) is -17.3. The predicted molar refractivity (Wildman–Crippen MR) is 229 cm³/mol. The number of hydrogen-bond donors (Lipinski definition) is 10. The smallest absolute Gasteiger partial charge is 0.335 e. The summed E-state index contributed by atoms with van der Waals surface area (Å²) in [5.74, 6) is -2.37. The van der Waals surface area contributed by atoms with Gasteiger partial charge in [-0.3, -0.25) is 4.79 Å². The highest BCUT2D eigenvalue weighted by atomic mass is 16.7. The minimum absolute atomic E-state index is 0.0728. The standard InChI is InChI=1S/C48H76O18/c1-20-28(50)30(52)32(54)39(61-20)64-36-34(56)37(38(58)59)65-41(35(36)57)63-27-13-14-45(7)24(44(27,5)6)12-15-46(8)25(45)11-10-22-23-18-43(3,4)16-17-48(23,26(49)19-47(22,46)9)42(60)66-40-33(55)31(53)29(51)21(2)62-40/h10,20-21,23-37,39-41,49-57H,11-19H2,1-9H3,(H,58,59)/t20-,21-,23-,24-,25+,26-,27-,28-,29-,30+,31+,32+,33+,34-,35+,36-,37-,39-,40-,41?,45-,46+,47+,48+/m0/s1. The number of rotatable bonds is 7. The number of allylic oxidation sites excluding steroid dienone is 2. The van der Waals surface area contributed by atoms with E-state index in [0.717, 1.165) is 24.8 Å². The van der Waals surface area contributed by atoms with Crippen LogP contribution >= 0.6 is 0 Å². The van der Waals surface area contributed by atoms with Gasteiger partial charge in [0.1, 0.15) is 60.4 Å². The van der Waals surface area contributed by atoms with Crippen LogP contribution in [0.15, 0.2) is 11.6 Å². The zero-order chi connectivity index (χ0) is 48.6. The summed E-state index contributed by atoms with van der Waals surface area (Å²) < 4.78 is 35.4. The van der Waals surface area contributed by atoms with Crippen LogP contribution in [-0.2, 0) is 38.0 Å². The molecule has 3 aliphatic heterocycles. The molecule has 0 bridgehead atoms. The Morgan fingerprint density at radius 2 is 1.23 bits per heavy atom. The third-order valence-electron chi connectivity index (χ3n) is 19.2. The zero-order valence-corrected chi connectivity index (χ0v) is 39.7. The first kappa shape index (κ1) is 50.5.